The van der Waals surface area contributed by atoms with Gasteiger partial charge < -0.3 is 9.80 Å². The van der Waals surface area contributed by atoms with Crippen LogP contribution in [-0.4, -0.2) is 63.2 Å². The fourth-order valence-corrected chi connectivity index (χ4v) is 3.27. The molecule has 2 aromatic rings. The van der Waals surface area contributed by atoms with Crippen molar-refractivity contribution in [2.45, 2.75) is 26.3 Å². The number of carbonyl (C=O) groups is 1. The number of hydrogen-bond donors (Lipinski definition) is 0. The maximum Gasteiger partial charge on any atom is 0.293 e. The average molecular weight is 348 g/mol. The van der Waals surface area contributed by atoms with Crippen molar-refractivity contribution in [2.75, 3.05) is 26.7 Å². The molecule has 0 saturated carbocycles. The summed E-state index contributed by atoms with van der Waals surface area (Å²) in [4.78, 5) is 21.4. The molecule has 1 saturated heterocycles. The number of halogens is 1. The summed E-state index contributed by atoms with van der Waals surface area (Å²) in [5.41, 5.74) is 0.744. The number of benzene rings is 1. The van der Waals surface area contributed by atoms with Crippen LogP contribution in [-0.2, 0) is 6.42 Å². The Balaban J connectivity index is 1.93. The molecule has 7 heteroatoms. The van der Waals surface area contributed by atoms with Crippen molar-refractivity contribution in [1.29, 1.82) is 0 Å². The van der Waals surface area contributed by atoms with E-state index in [1.54, 1.807) is 4.68 Å². The lowest BCUT2D eigenvalue weighted by Crippen LogP contribution is -2.52. The van der Waals surface area contributed by atoms with Gasteiger partial charge >= 0.3 is 0 Å². The fraction of sp³-hybridized carbons (Fsp3) is 0.471. The van der Waals surface area contributed by atoms with Crippen LogP contribution >= 0.6 is 11.6 Å². The third-order valence-corrected chi connectivity index (χ3v) is 4.67. The first-order chi connectivity index (χ1) is 11.5. The molecule has 0 aliphatic carbocycles. The number of likely N-dealkylation sites (N-methyl/N-ethyl adjacent to an activating group) is 1. The molecule has 1 aliphatic heterocycles. The van der Waals surface area contributed by atoms with E-state index >= 15 is 0 Å². The van der Waals surface area contributed by atoms with Crippen molar-refractivity contribution in [1.82, 2.24) is 24.6 Å². The summed E-state index contributed by atoms with van der Waals surface area (Å²) < 4.78 is 1.68. The zero-order chi connectivity index (χ0) is 17.3. The fourth-order valence-electron chi connectivity index (χ4n) is 3.05. The lowest BCUT2D eigenvalue weighted by atomic mass is 10.2. The molecule has 1 amide bonds. The summed E-state index contributed by atoms with van der Waals surface area (Å²) in [7, 11) is 2.07. The van der Waals surface area contributed by atoms with Gasteiger partial charge in [0, 0.05) is 32.1 Å². The molecule has 1 aromatic heterocycles. The minimum absolute atomic E-state index is 0.115. The topological polar surface area (TPSA) is 54.3 Å². The number of amides is 1. The summed E-state index contributed by atoms with van der Waals surface area (Å²) in [5, 5.41) is 5.04. The van der Waals surface area contributed by atoms with Crippen LogP contribution in [0.2, 0.25) is 5.02 Å². The Morgan fingerprint density at radius 2 is 2.08 bits per heavy atom. The number of aryl methyl sites for hydroxylation is 1. The highest BCUT2D eigenvalue weighted by atomic mass is 35.5. The van der Waals surface area contributed by atoms with E-state index in [0.29, 0.717) is 18.0 Å². The lowest BCUT2D eigenvalue weighted by Gasteiger charge is -2.37. The largest absolute Gasteiger partial charge is 0.331 e. The van der Waals surface area contributed by atoms with Crippen molar-refractivity contribution in [3.63, 3.8) is 0 Å². The summed E-state index contributed by atoms with van der Waals surface area (Å²) in [6.07, 6.45) is 0.670. The minimum Gasteiger partial charge on any atom is -0.331 e. The molecule has 2 heterocycles. The number of nitrogens with zero attached hydrogens (tertiary/aromatic N) is 5. The number of rotatable bonds is 3. The van der Waals surface area contributed by atoms with Crippen molar-refractivity contribution in [3.8, 4) is 5.69 Å². The lowest BCUT2D eigenvalue weighted by molar-refractivity contribution is 0.0521. The molecule has 0 radical (unpaired) electrons. The third kappa shape index (κ3) is 3.16. The standard InChI is InChI=1S/C17H22ClN5O/c1-4-15-19-16(17(24)22-10-9-21(3)11-12(22)2)20-23(15)14-8-6-5-7-13(14)18/h5-8,12H,4,9-11H2,1-3H3/t12-/m0/s1. The molecule has 3 rings (SSSR count). The molecule has 1 aromatic carbocycles. The predicted octanol–water partition coefficient (Wildman–Crippen LogP) is 2.26. The Labute approximate surface area is 147 Å². The molecule has 0 spiro atoms. The average Bonchev–Trinajstić information content (AvgIpc) is 2.99. The van der Waals surface area contributed by atoms with Crippen LogP contribution in [0.25, 0.3) is 5.69 Å². The van der Waals surface area contributed by atoms with Gasteiger partial charge in [-0.1, -0.05) is 30.7 Å². The second kappa shape index (κ2) is 6.91. The van der Waals surface area contributed by atoms with Gasteiger partial charge in [0.05, 0.1) is 10.7 Å². The number of para-hydroxylation sites is 1. The van der Waals surface area contributed by atoms with E-state index in [4.69, 9.17) is 11.6 Å². The third-order valence-electron chi connectivity index (χ3n) is 4.35. The molecule has 0 N–H and O–H groups in total. The highest BCUT2D eigenvalue weighted by Crippen LogP contribution is 2.21. The van der Waals surface area contributed by atoms with Crippen LogP contribution in [0, 0.1) is 0 Å². The van der Waals surface area contributed by atoms with E-state index in [-0.39, 0.29) is 17.8 Å². The first-order valence-electron chi connectivity index (χ1n) is 8.21. The van der Waals surface area contributed by atoms with Crippen LogP contribution in [0.1, 0.15) is 30.3 Å². The van der Waals surface area contributed by atoms with Gasteiger partial charge in [0.15, 0.2) is 0 Å². The van der Waals surface area contributed by atoms with E-state index in [1.165, 1.54) is 0 Å². The van der Waals surface area contributed by atoms with Crippen molar-refractivity contribution >= 4 is 17.5 Å². The van der Waals surface area contributed by atoms with Gasteiger partial charge in [-0.3, -0.25) is 4.79 Å². The van der Waals surface area contributed by atoms with Crippen LogP contribution < -0.4 is 0 Å². The first kappa shape index (κ1) is 16.9. The minimum atomic E-state index is -0.115. The van der Waals surface area contributed by atoms with Crippen molar-refractivity contribution in [2.24, 2.45) is 0 Å². The van der Waals surface area contributed by atoms with Crippen LogP contribution in [0.5, 0.6) is 0 Å². The molecule has 0 bridgehead atoms. The maximum atomic E-state index is 12.9. The quantitative estimate of drug-likeness (QED) is 0.854. The van der Waals surface area contributed by atoms with E-state index in [2.05, 4.69) is 29.0 Å². The number of hydrogen-bond acceptors (Lipinski definition) is 4. The van der Waals surface area contributed by atoms with Gasteiger partial charge in [-0.2, -0.15) is 0 Å². The number of carbonyl (C=O) groups excluding carboxylic acids is 1. The Bertz CT molecular complexity index is 744. The van der Waals surface area contributed by atoms with Crippen molar-refractivity contribution < 1.29 is 4.79 Å². The molecule has 128 valence electrons. The predicted molar refractivity (Wildman–Crippen MR) is 93.7 cm³/mol. The summed E-state index contributed by atoms with van der Waals surface area (Å²) in [6.45, 7) is 6.46. The summed E-state index contributed by atoms with van der Waals surface area (Å²) in [5.74, 6) is 0.854. The zero-order valence-electron chi connectivity index (χ0n) is 14.2. The molecule has 6 nitrogen and oxygen atoms in total. The highest BCUT2D eigenvalue weighted by Gasteiger charge is 2.29. The molecular formula is C17H22ClN5O. The van der Waals surface area contributed by atoms with Gasteiger partial charge in [-0.25, -0.2) is 9.67 Å². The number of piperazine rings is 1. The molecule has 1 atom stereocenters. The second-order valence-corrected chi connectivity index (χ2v) is 6.59. The second-order valence-electron chi connectivity index (χ2n) is 6.18. The van der Waals surface area contributed by atoms with E-state index in [1.807, 2.05) is 36.1 Å². The highest BCUT2D eigenvalue weighted by molar-refractivity contribution is 6.32. The Kier molecular flexibility index (Phi) is 4.87. The van der Waals surface area contributed by atoms with Gasteiger partial charge in [0.1, 0.15) is 5.82 Å². The van der Waals surface area contributed by atoms with Gasteiger partial charge in [0.2, 0.25) is 5.82 Å². The van der Waals surface area contributed by atoms with E-state index in [0.717, 1.165) is 24.6 Å². The summed E-state index contributed by atoms with van der Waals surface area (Å²) >= 11 is 6.27. The molecule has 1 aliphatic rings. The monoisotopic (exact) mass is 347 g/mol. The smallest absolute Gasteiger partial charge is 0.293 e. The molecule has 1 fully saturated rings. The van der Waals surface area contributed by atoms with E-state index in [9.17, 15) is 4.79 Å². The van der Waals surface area contributed by atoms with Gasteiger partial charge in [0.25, 0.3) is 5.91 Å². The molecular weight excluding hydrogens is 326 g/mol. The normalized spacial score (nSPS) is 18.8. The SMILES string of the molecule is CCc1nc(C(=O)N2CCN(C)C[C@@H]2C)nn1-c1ccccc1Cl. The maximum absolute atomic E-state index is 12.9. The Morgan fingerprint density at radius 3 is 2.75 bits per heavy atom. The Hall–Kier alpha value is -1.92. The number of aromatic nitrogens is 3. The van der Waals surface area contributed by atoms with Gasteiger partial charge in [-0.05, 0) is 26.1 Å². The Morgan fingerprint density at radius 1 is 1.33 bits per heavy atom. The van der Waals surface area contributed by atoms with Crippen LogP contribution in [0.15, 0.2) is 24.3 Å². The summed E-state index contributed by atoms with van der Waals surface area (Å²) in [6, 6.07) is 7.59. The molecule has 0 unspecified atom stereocenters. The van der Waals surface area contributed by atoms with Gasteiger partial charge in [-0.15, -0.1) is 5.10 Å². The van der Waals surface area contributed by atoms with E-state index < -0.39 is 0 Å². The van der Waals surface area contributed by atoms with Crippen LogP contribution in [0.3, 0.4) is 0 Å². The van der Waals surface area contributed by atoms with Crippen LogP contribution in [0.4, 0.5) is 0 Å². The molecule has 24 heavy (non-hydrogen) atoms. The zero-order valence-corrected chi connectivity index (χ0v) is 15.0. The van der Waals surface area contributed by atoms with Crippen molar-refractivity contribution in [3.05, 3.63) is 40.9 Å². The first-order valence-corrected chi connectivity index (χ1v) is 8.59.